The summed E-state index contributed by atoms with van der Waals surface area (Å²) in [7, 11) is 1.50. The van der Waals surface area contributed by atoms with Crippen LogP contribution in [0.3, 0.4) is 0 Å². The molecule has 2 amide bonds. The Labute approximate surface area is 133 Å². The first kappa shape index (κ1) is 16.8. The number of nitrogens with two attached hydrogens (primary N) is 1. The predicted molar refractivity (Wildman–Crippen MR) is 81.1 cm³/mol. The number of hydrogen-bond donors (Lipinski definition) is 3. The fourth-order valence-electron chi connectivity index (χ4n) is 2.60. The summed E-state index contributed by atoms with van der Waals surface area (Å²) < 4.78 is 5.06. The molecule has 1 fully saturated rings. The Morgan fingerprint density at radius 2 is 2.17 bits per heavy atom. The van der Waals surface area contributed by atoms with Crippen LogP contribution in [-0.2, 0) is 9.59 Å². The van der Waals surface area contributed by atoms with Crippen molar-refractivity contribution in [3.8, 4) is 5.75 Å². The molecule has 124 valence electrons. The van der Waals surface area contributed by atoms with Gasteiger partial charge in [0.05, 0.1) is 13.7 Å². The number of methoxy groups -OCH3 is 1. The standard InChI is InChI=1S/C15H19N3O5/c1-23-11-4-2-3-9(5-11)14(20)17-10-6-12(15(21)22)18(8-10)13(19)7-16/h2-5,10,12H,6-8,16H2,1H3,(H,17,20)(H,21,22)/t10-,12+/m1/s1. The third-order valence-electron chi connectivity index (χ3n) is 3.75. The number of nitrogens with one attached hydrogen (secondary N) is 1. The molecule has 0 aliphatic carbocycles. The van der Waals surface area contributed by atoms with Crippen LogP contribution in [0.2, 0.25) is 0 Å². The van der Waals surface area contributed by atoms with E-state index in [1.807, 2.05) is 0 Å². The molecule has 1 saturated heterocycles. The van der Waals surface area contributed by atoms with Crippen molar-refractivity contribution in [1.29, 1.82) is 0 Å². The summed E-state index contributed by atoms with van der Waals surface area (Å²) in [6.45, 7) is -0.136. The van der Waals surface area contributed by atoms with Crippen molar-refractivity contribution in [3.63, 3.8) is 0 Å². The van der Waals surface area contributed by atoms with Crippen LogP contribution >= 0.6 is 0 Å². The van der Waals surface area contributed by atoms with Crippen molar-refractivity contribution in [2.75, 3.05) is 20.2 Å². The van der Waals surface area contributed by atoms with E-state index < -0.39 is 24.0 Å². The average Bonchev–Trinajstić information content (AvgIpc) is 2.98. The number of carboxylic acids is 1. The van der Waals surface area contributed by atoms with Crippen LogP contribution in [0.5, 0.6) is 5.75 Å². The lowest BCUT2D eigenvalue weighted by Gasteiger charge is -2.20. The summed E-state index contributed by atoms with van der Waals surface area (Å²) in [6, 6.07) is 5.21. The molecule has 1 aliphatic heterocycles. The minimum atomic E-state index is -1.11. The van der Waals surface area contributed by atoms with Crippen LogP contribution in [-0.4, -0.2) is 60.1 Å². The molecular weight excluding hydrogens is 302 g/mol. The molecule has 8 nitrogen and oxygen atoms in total. The maximum atomic E-state index is 12.2. The first-order valence-corrected chi connectivity index (χ1v) is 7.13. The number of carbonyl (C=O) groups excluding carboxylic acids is 2. The zero-order chi connectivity index (χ0) is 17.0. The second-order valence-corrected chi connectivity index (χ2v) is 5.24. The van der Waals surface area contributed by atoms with E-state index in [-0.39, 0.29) is 25.4 Å². The van der Waals surface area contributed by atoms with Crippen LogP contribution in [0.4, 0.5) is 0 Å². The lowest BCUT2D eigenvalue weighted by Crippen LogP contribution is -2.44. The third kappa shape index (κ3) is 3.78. The highest BCUT2D eigenvalue weighted by atomic mass is 16.5. The van der Waals surface area contributed by atoms with E-state index in [9.17, 15) is 19.5 Å². The SMILES string of the molecule is COc1cccc(C(=O)N[C@@H]2C[C@@H](C(=O)O)N(C(=O)CN)C2)c1. The van der Waals surface area contributed by atoms with E-state index in [4.69, 9.17) is 10.5 Å². The summed E-state index contributed by atoms with van der Waals surface area (Å²) in [5, 5.41) is 11.9. The first-order chi connectivity index (χ1) is 11.0. The Hall–Kier alpha value is -2.61. The third-order valence-corrected chi connectivity index (χ3v) is 3.75. The predicted octanol–water partition coefficient (Wildman–Crippen LogP) is -0.562. The van der Waals surface area contributed by atoms with Gasteiger partial charge in [0.1, 0.15) is 11.8 Å². The Balaban J connectivity index is 2.06. The molecule has 0 unspecified atom stereocenters. The molecule has 23 heavy (non-hydrogen) atoms. The van der Waals surface area contributed by atoms with E-state index in [2.05, 4.69) is 5.32 Å². The molecule has 8 heteroatoms. The van der Waals surface area contributed by atoms with Gasteiger partial charge in [0, 0.05) is 24.6 Å². The molecule has 0 bridgehead atoms. The molecular formula is C15H19N3O5. The van der Waals surface area contributed by atoms with Gasteiger partial charge in [-0.3, -0.25) is 9.59 Å². The van der Waals surface area contributed by atoms with Crippen LogP contribution < -0.4 is 15.8 Å². The Bertz CT molecular complexity index is 619. The highest BCUT2D eigenvalue weighted by Gasteiger charge is 2.39. The quantitative estimate of drug-likeness (QED) is 0.668. The van der Waals surface area contributed by atoms with Gasteiger partial charge in [0.25, 0.3) is 5.91 Å². The Kier molecular flexibility index (Phi) is 5.17. The summed E-state index contributed by atoms with van der Waals surface area (Å²) in [6.07, 6.45) is 0.150. The minimum absolute atomic E-state index is 0.128. The summed E-state index contributed by atoms with van der Waals surface area (Å²) in [4.78, 5) is 36.4. The topological polar surface area (TPSA) is 122 Å². The fourth-order valence-corrected chi connectivity index (χ4v) is 2.60. The molecule has 1 aromatic carbocycles. The van der Waals surface area contributed by atoms with Crippen molar-refractivity contribution in [3.05, 3.63) is 29.8 Å². The second kappa shape index (κ2) is 7.10. The number of carboxylic acid groups (broad SMARTS) is 1. The highest BCUT2D eigenvalue weighted by Crippen LogP contribution is 2.19. The number of aliphatic carboxylic acids is 1. The monoisotopic (exact) mass is 321 g/mol. The lowest BCUT2D eigenvalue weighted by atomic mass is 10.1. The molecule has 0 radical (unpaired) electrons. The van der Waals surface area contributed by atoms with Crippen LogP contribution in [0.25, 0.3) is 0 Å². The highest BCUT2D eigenvalue weighted by molar-refractivity contribution is 5.95. The van der Waals surface area contributed by atoms with E-state index in [0.717, 1.165) is 0 Å². The molecule has 4 N–H and O–H groups in total. The number of carbonyl (C=O) groups is 3. The Morgan fingerprint density at radius 3 is 2.78 bits per heavy atom. The maximum Gasteiger partial charge on any atom is 0.326 e. The van der Waals surface area contributed by atoms with Gasteiger partial charge in [-0.2, -0.15) is 0 Å². The normalized spacial score (nSPS) is 20.2. The number of rotatable bonds is 5. The van der Waals surface area contributed by atoms with Crippen molar-refractivity contribution in [1.82, 2.24) is 10.2 Å². The molecule has 1 heterocycles. The number of ether oxygens (including phenoxy) is 1. The van der Waals surface area contributed by atoms with Crippen molar-refractivity contribution < 1.29 is 24.2 Å². The smallest absolute Gasteiger partial charge is 0.326 e. The second-order valence-electron chi connectivity index (χ2n) is 5.24. The van der Waals surface area contributed by atoms with Gasteiger partial charge in [0.2, 0.25) is 5.91 Å². The summed E-state index contributed by atoms with van der Waals surface area (Å²) in [5.41, 5.74) is 5.70. The maximum absolute atomic E-state index is 12.2. The van der Waals surface area contributed by atoms with E-state index in [1.54, 1.807) is 24.3 Å². The zero-order valence-electron chi connectivity index (χ0n) is 12.7. The lowest BCUT2D eigenvalue weighted by molar-refractivity contribution is -0.147. The summed E-state index contributed by atoms with van der Waals surface area (Å²) >= 11 is 0. The average molecular weight is 321 g/mol. The number of benzene rings is 1. The van der Waals surface area contributed by atoms with Crippen LogP contribution in [0, 0.1) is 0 Å². The van der Waals surface area contributed by atoms with Gasteiger partial charge in [-0.25, -0.2) is 4.79 Å². The minimum Gasteiger partial charge on any atom is -0.497 e. The molecule has 0 spiro atoms. The largest absolute Gasteiger partial charge is 0.497 e. The zero-order valence-corrected chi connectivity index (χ0v) is 12.7. The molecule has 0 aromatic heterocycles. The fraction of sp³-hybridized carbons (Fsp3) is 0.400. The van der Waals surface area contributed by atoms with Crippen molar-refractivity contribution in [2.45, 2.75) is 18.5 Å². The van der Waals surface area contributed by atoms with Gasteiger partial charge in [-0.15, -0.1) is 0 Å². The molecule has 2 rings (SSSR count). The van der Waals surface area contributed by atoms with Crippen LogP contribution in [0.15, 0.2) is 24.3 Å². The molecule has 1 aliphatic rings. The number of hydrogen-bond acceptors (Lipinski definition) is 5. The molecule has 1 aromatic rings. The van der Waals surface area contributed by atoms with Crippen molar-refractivity contribution >= 4 is 17.8 Å². The van der Waals surface area contributed by atoms with E-state index in [0.29, 0.717) is 11.3 Å². The Morgan fingerprint density at radius 1 is 1.43 bits per heavy atom. The number of amides is 2. The van der Waals surface area contributed by atoms with Gasteiger partial charge < -0.3 is 25.8 Å². The van der Waals surface area contributed by atoms with Gasteiger partial charge in [-0.05, 0) is 18.2 Å². The number of nitrogens with zero attached hydrogens (tertiary/aromatic N) is 1. The number of likely N-dealkylation sites (tertiary alicyclic amines) is 1. The van der Waals surface area contributed by atoms with Crippen LogP contribution in [0.1, 0.15) is 16.8 Å². The molecule has 2 atom stereocenters. The summed E-state index contributed by atoms with van der Waals surface area (Å²) in [5.74, 6) is -1.35. The van der Waals surface area contributed by atoms with Gasteiger partial charge >= 0.3 is 5.97 Å². The first-order valence-electron chi connectivity index (χ1n) is 7.13. The van der Waals surface area contributed by atoms with Crippen molar-refractivity contribution in [2.24, 2.45) is 5.73 Å². The van der Waals surface area contributed by atoms with E-state index >= 15 is 0 Å². The van der Waals surface area contributed by atoms with Gasteiger partial charge in [0.15, 0.2) is 0 Å². The van der Waals surface area contributed by atoms with E-state index in [1.165, 1.54) is 12.0 Å². The molecule has 0 saturated carbocycles. The van der Waals surface area contributed by atoms with Gasteiger partial charge in [-0.1, -0.05) is 6.07 Å².